The van der Waals surface area contributed by atoms with Gasteiger partial charge in [-0.2, -0.15) is 0 Å². The van der Waals surface area contributed by atoms with E-state index < -0.39 is 6.36 Å². The van der Waals surface area contributed by atoms with Crippen molar-refractivity contribution >= 4 is 17.4 Å². The fraction of sp³-hybridized carbons (Fsp3) is 0.133. The Morgan fingerprint density at radius 2 is 1.57 bits per heavy atom. The molecule has 0 N–H and O–H groups in total. The summed E-state index contributed by atoms with van der Waals surface area (Å²) in [6, 6.07) is 11.6. The van der Waals surface area contributed by atoms with Crippen molar-refractivity contribution in [3.05, 3.63) is 64.7 Å². The van der Waals surface area contributed by atoms with E-state index in [1.807, 2.05) is 0 Å². The van der Waals surface area contributed by atoms with Gasteiger partial charge in [0, 0.05) is 17.0 Å². The topological polar surface area (TPSA) is 26.3 Å². The summed E-state index contributed by atoms with van der Waals surface area (Å²) >= 11 is 5.73. The highest BCUT2D eigenvalue weighted by atomic mass is 35.5. The molecule has 0 radical (unpaired) electrons. The lowest BCUT2D eigenvalue weighted by Crippen LogP contribution is -2.17. The molecule has 0 spiro atoms. The molecule has 0 atom stereocenters. The Kier molecular flexibility index (Phi) is 4.53. The van der Waals surface area contributed by atoms with Gasteiger partial charge in [0.25, 0.3) is 0 Å². The van der Waals surface area contributed by atoms with E-state index >= 15 is 0 Å². The number of carbonyl (C=O) groups is 1. The van der Waals surface area contributed by atoms with E-state index in [9.17, 15) is 18.0 Å². The number of carbonyl (C=O) groups excluding carboxylic acids is 1. The second-order valence-corrected chi connectivity index (χ2v) is 4.74. The number of alkyl halides is 3. The van der Waals surface area contributed by atoms with Crippen molar-refractivity contribution in [3.63, 3.8) is 0 Å². The highest BCUT2D eigenvalue weighted by molar-refractivity contribution is 6.30. The third kappa shape index (κ3) is 4.79. The van der Waals surface area contributed by atoms with Gasteiger partial charge in [0.05, 0.1) is 0 Å². The zero-order valence-electron chi connectivity index (χ0n) is 10.7. The Labute approximate surface area is 124 Å². The van der Waals surface area contributed by atoms with Crippen LogP contribution in [0.5, 0.6) is 5.75 Å². The van der Waals surface area contributed by atoms with Crippen LogP contribution < -0.4 is 4.74 Å². The summed E-state index contributed by atoms with van der Waals surface area (Å²) in [5.74, 6) is -0.457. The van der Waals surface area contributed by atoms with E-state index in [0.717, 1.165) is 0 Å². The molecular formula is C15H10ClF3O2. The quantitative estimate of drug-likeness (QED) is 0.767. The lowest BCUT2D eigenvalue weighted by atomic mass is 10.0. The predicted molar refractivity (Wildman–Crippen MR) is 72.6 cm³/mol. The normalized spacial score (nSPS) is 11.2. The van der Waals surface area contributed by atoms with Gasteiger partial charge in [-0.3, -0.25) is 4.79 Å². The first-order valence-corrected chi connectivity index (χ1v) is 6.35. The molecule has 0 fully saturated rings. The van der Waals surface area contributed by atoms with Crippen LogP contribution in [-0.4, -0.2) is 12.1 Å². The summed E-state index contributed by atoms with van der Waals surface area (Å²) in [6.07, 6.45) is -4.63. The van der Waals surface area contributed by atoms with Crippen molar-refractivity contribution in [3.8, 4) is 5.75 Å². The average molecular weight is 315 g/mol. The molecule has 0 unspecified atom stereocenters. The number of halogens is 4. The smallest absolute Gasteiger partial charge is 0.406 e. The van der Waals surface area contributed by atoms with Gasteiger partial charge >= 0.3 is 6.36 Å². The molecule has 0 aliphatic rings. The zero-order chi connectivity index (χ0) is 15.5. The number of benzene rings is 2. The van der Waals surface area contributed by atoms with E-state index in [0.29, 0.717) is 16.1 Å². The molecule has 0 amide bonds. The summed E-state index contributed by atoms with van der Waals surface area (Å²) in [5, 5.41) is 0.528. The van der Waals surface area contributed by atoms with Crippen LogP contribution >= 0.6 is 11.6 Å². The van der Waals surface area contributed by atoms with Crippen molar-refractivity contribution in [2.45, 2.75) is 12.8 Å². The van der Waals surface area contributed by atoms with Crippen molar-refractivity contribution < 1.29 is 22.7 Å². The molecule has 2 nitrogen and oxygen atoms in total. The number of rotatable bonds is 4. The molecule has 0 saturated heterocycles. The summed E-state index contributed by atoms with van der Waals surface area (Å²) in [4.78, 5) is 12.0. The molecular weight excluding hydrogens is 305 g/mol. The van der Waals surface area contributed by atoms with E-state index in [2.05, 4.69) is 4.74 Å². The molecule has 0 heterocycles. The molecule has 110 valence electrons. The first-order valence-electron chi connectivity index (χ1n) is 5.97. The van der Waals surface area contributed by atoms with Crippen molar-refractivity contribution in [1.82, 2.24) is 0 Å². The maximum Gasteiger partial charge on any atom is 0.573 e. The lowest BCUT2D eigenvalue weighted by molar-refractivity contribution is -0.274. The van der Waals surface area contributed by atoms with Crippen molar-refractivity contribution in [2.24, 2.45) is 0 Å². The highest BCUT2D eigenvalue weighted by Gasteiger charge is 2.30. The van der Waals surface area contributed by atoms with Crippen LogP contribution in [0.2, 0.25) is 5.02 Å². The molecule has 0 bridgehead atoms. The van der Waals surface area contributed by atoms with Crippen LogP contribution in [0, 0.1) is 0 Å². The first-order chi connectivity index (χ1) is 9.83. The number of Topliss-reactive ketones (excluding diaryl/α,β-unsaturated/α-hetero) is 1. The Morgan fingerprint density at radius 3 is 2.10 bits per heavy atom. The molecule has 6 heteroatoms. The summed E-state index contributed by atoms with van der Waals surface area (Å²) in [5.41, 5.74) is 1.10. The van der Waals surface area contributed by atoms with Gasteiger partial charge in [-0.05, 0) is 42.0 Å². The largest absolute Gasteiger partial charge is 0.573 e. The second kappa shape index (κ2) is 6.18. The van der Waals surface area contributed by atoms with Crippen LogP contribution in [0.25, 0.3) is 0 Å². The van der Waals surface area contributed by atoms with Crippen LogP contribution in [0.3, 0.4) is 0 Å². The van der Waals surface area contributed by atoms with Crippen molar-refractivity contribution in [2.75, 3.05) is 0 Å². The van der Waals surface area contributed by atoms with E-state index in [4.69, 9.17) is 11.6 Å². The predicted octanol–water partition coefficient (Wildman–Crippen LogP) is 4.66. The maximum atomic E-state index is 12.0. The molecule has 0 saturated carbocycles. The fourth-order valence-corrected chi connectivity index (χ4v) is 1.86. The number of ketones is 1. The Bertz CT molecular complexity index is 619. The minimum absolute atomic E-state index is 0.0912. The van der Waals surface area contributed by atoms with Gasteiger partial charge in [-0.15, -0.1) is 13.2 Å². The highest BCUT2D eigenvalue weighted by Crippen LogP contribution is 2.23. The number of hydrogen-bond acceptors (Lipinski definition) is 2. The van der Waals surface area contributed by atoms with Gasteiger partial charge in [-0.25, -0.2) is 0 Å². The van der Waals surface area contributed by atoms with Gasteiger partial charge in [0.1, 0.15) is 5.75 Å². The third-order valence-corrected chi connectivity index (χ3v) is 2.94. The number of hydrogen-bond donors (Lipinski definition) is 0. The number of ether oxygens (including phenoxy) is 1. The Balaban J connectivity index is 2.03. The van der Waals surface area contributed by atoms with Gasteiger partial charge in [0.15, 0.2) is 5.78 Å². The van der Waals surface area contributed by atoms with Crippen LogP contribution in [0.15, 0.2) is 48.5 Å². The van der Waals surface area contributed by atoms with Gasteiger partial charge in [-0.1, -0.05) is 23.7 Å². The molecule has 0 aliphatic heterocycles. The molecule has 2 rings (SSSR count). The molecule has 0 aliphatic carbocycles. The zero-order valence-corrected chi connectivity index (χ0v) is 11.4. The summed E-state index contributed by atoms with van der Waals surface area (Å²) in [6.45, 7) is 0. The second-order valence-electron chi connectivity index (χ2n) is 4.30. The first kappa shape index (κ1) is 15.4. The minimum Gasteiger partial charge on any atom is -0.406 e. The SMILES string of the molecule is O=C(Cc1ccc(OC(F)(F)F)cc1)c1ccc(Cl)cc1. The van der Waals surface area contributed by atoms with Crippen LogP contribution in [-0.2, 0) is 6.42 Å². The van der Waals surface area contributed by atoms with E-state index in [-0.39, 0.29) is 18.0 Å². The minimum atomic E-state index is -4.72. The molecule has 2 aromatic rings. The monoisotopic (exact) mass is 314 g/mol. The molecule has 21 heavy (non-hydrogen) atoms. The standard InChI is InChI=1S/C15H10ClF3O2/c16-12-5-3-11(4-6-12)14(20)9-10-1-7-13(8-2-10)21-15(17,18)19/h1-8H,9H2. The van der Waals surface area contributed by atoms with Gasteiger partial charge in [0.2, 0.25) is 0 Å². The average Bonchev–Trinajstić information content (AvgIpc) is 2.40. The van der Waals surface area contributed by atoms with E-state index in [1.165, 1.54) is 24.3 Å². The summed E-state index contributed by atoms with van der Waals surface area (Å²) in [7, 11) is 0. The maximum absolute atomic E-state index is 12.0. The van der Waals surface area contributed by atoms with Crippen LogP contribution in [0.4, 0.5) is 13.2 Å². The Morgan fingerprint density at radius 1 is 1.00 bits per heavy atom. The molecule has 2 aromatic carbocycles. The van der Waals surface area contributed by atoms with Crippen molar-refractivity contribution in [1.29, 1.82) is 0 Å². The molecule has 0 aromatic heterocycles. The van der Waals surface area contributed by atoms with Crippen LogP contribution in [0.1, 0.15) is 15.9 Å². The van der Waals surface area contributed by atoms with E-state index in [1.54, 1.807) is 24.3 Å². The summed E-state index contributed by atoms with van der Waals surface area (Å²) < 4.78 is 39.8. The fourth-order valence-electron chi connectivity index (χ4n) is 1.73. The van der Waals surface area contributed by atoms with Gasteiger partial charge < -0.3 is 4.74 Å². The lowest BCUT2D eigenvalue weighted by Gasteiger charge is -2.09. The third-order valence-electron chi connectivity index (χ3n) is 2.69. The Hall–Kier alpha value is -2.01.